The number of methoxy groups -OCH3 is 1. The van der Waals surface area contributed by atoms with Gasteiger partial charge in [-0.15, -0.1) is 0 Å². The van der Waals surface area contributed by atoms with Gasteiger partial charge in [0.05, 0.1) is 23.9 Å². The number of halogens is 1. The summed E-state index contributed by atoms with van der Waals surface area (Å²) in [5, 5.41) is 0. The van der Waals surface area contributed by atoms with Gasteiger partial charge in [-0.2, -0.15) is 0 Å². The van der Waals surface area contributed by atoms with Crippen LogP contribution in [0.15, 0.2) is 0 Å². The number of fused-ring (bicyclic) bond motifs is 1. The second kappa shape index (κ2) is 4.47. The van der Waals surface area contributed by atoms with Gasteiger partial charge in [0.15, 0.2) is 0 Å². The number of alkyl halides is 1. The Morgan fingerprint density at radius 2 is 1.89 bits per heavy atom. The van der Waals surface area contributed by atoms with Gasteiger partial charge in [-0.25, -0.2) is 9.69 Å². The third kappa shape index (κ3) is 2.35. The van der Waals surface area contributed by atoms with Crippen LogP contribution in [0, 0.1) is 11.8 Å². The second-order valence-corrected chi connectivity index (χ2v) is 6.69. The summed E-state index contributed by atoms with van der Waals surface area (Å²) in [5.74, 6) is -1.42. The standard InChI is InChI=1S/C12H16BrNO5/c1-12(2,3)19-11(17)14-8-5(7(13)9(14)15)6(8)10(16)18-4/h5-8H,1-4H3/t5-,6-,7-,8-/m0/s1. The lowest BCUT2D eigenvalue weighted by molar-refractivity contribution is -0.143. The predicted octanol–water partition coefficient (Wildman–Crippen LogP) is 1.31. The van der Waals surface area contributed by atoms with Gasteiger partial charge >= 0.3 is 12.1 Å². The number of piperidine rings is 1. The van der Waals surface area contributed by atoms with E-state index in [9.17, 15) is 14.4 Å². The smallest absolute Gasteiger partial charge is 0.417 e. The average molecular weight is 334 g/mol. The van der Waals surface area contributed by atoms with E-state index >= 15 is 0 Å². The zero-order valence-electron chi connectivity index (χ0n) is 11.2. The van der Waals surface area contributed by atoms with E-state index in [2.05, 4.69) is 20.7 Å². The van der Waals surface area contributed by atoms with Gasteiger partial charge < -0.3 is 9.47 Å². The minimum absolute atomic E-state index is 0.215. The van der Waals surface area contributed by atoms with Gasteiger partial charge in [-0.3, -0.25) is 9.59 Å². The molecule has 2 aliphatic rings. The molecule has 106 valence electrons. The molecule has 4 atom stereocenters. The molecule has 2 fully saturated rings. The van der Waals surface area contributed by atoms with Crippen LogP contribution >= 0.6 is 15.9 Å². The molecule has 1 saturated heterocycles. The lowest BCUT2D eigenvalue weighted by Crippen LogP contribution is -2.43. The van der Waals surface area contributed by atoms with Gasteiger partial charge in [-0.1, -0.05) is 15.9 Å². The van der Waals surface area contributed by atoms with E-state index in [1.807, 2.05) is 0 Å². The number of carbonyl (C=O) groups is 3. The normalized spacial score (nSPS) is 32.9. The van der Waals surface area contributed by atoms with Crippen molar-refractivity contribution in [2.24, 2.45) is 11.8 Å². The number of nitrogens with zero attached hydrogens (tertiary/aromatic N) is 1. The zero-order chi connectivity index (χ0) is 14.5. The molecule has 0 aromatic heterocycles. The van der Waals surface area contributed by atoms with E-state index < -0.39 is 34.5 Å². The first-order valence-corrected chi connectivity index (χ1v) is 6.88. The molecule has 1 heterocycles. The van der Waals surface area contributed by atoms with E-state index in [-0.39, 0.29) is 11.8 Å². The highest BCUT2D eigenvalue weighted by Gasteiger charge is 2.71. The highest BCUT2D eigenvalue weighted by Crippen LogP contribution is 2.54. The maximum Gasteiger partial charge on any atom is 0.417 e. The number of esters is 1. The fourth-order valence-electron chi connectivity index (χ4n) is 2.41. The Morgan fingerprint density at radius 1 is 1.32 bits per heavy atom. The number of imide groups is 1. The molecule has 7 heteroatoms. The lowest BCUT2D eigenvalue weighted by atomic mass is 10.2. The summed E-state index contributed by atoms with van der Waals surface area (Å²) >= 11 is 3.23. The van der Waals surface area contributed by atoms with Gasteiger partial charge in [-0.05, 0) is 20.8 Å². The van der Waals surface area contributed by atoms with E-state index in [0.717, 1.165) is 4.90 Å². The van der Waals surface area contributed by atoms with Crippen molar-refractivity contribution in [2.45, 2.75) is 37.2 Å². The average Bonchev–Trinajstić information content (AvgIpc) is 2.93. The minimum Gasteiger partial charge on any atom is -0.469 e. The first kappa shape index (κ1) is 14.3. The summed E-state index contributed by atoms with van der Waals surface area (Å²) in [6.07, 6.45) is -0.708. The number of ether oxygens (including phenoxy) is 2. The second-order valence-electron chi connectivity index (χ2n) is 5.71. The lowest BCUT2D eigenvalue weighted by Gasteiger charge is -2.25. The highest BCUT2D eigenvalue weighted by atomic mass is 79.9. The van der Waals surface area contributed by atoms with Gasteiger partial charge in [0.25, 0.3) is 0 Å². The molecule has 0 bridgehead atoms. The van der Waals surface area contributed by atoms with E-state index in [1.54, 1.807) is 20.8 Å². The molecule has 0 radical (unpaired) electrons. The van der Waals surface area contributed by atoms with Crippen molar-refractivity contribution in [3.8, 4) is 0 Å². The summed E-state index contributed by atoms with van der Waals surface area (Å²) in [5.41, 5.74) is -0.688. The molecule has 0 N–H and O–H groups in total. The van der Waals surface area contributed by atoms with Crippen molar-refractivity contribution < 1.29 is 23.9 Å². The molecule has 1 aliphatic heterocycles. The van der Waals surface area contributed by atoms with E-state index in [1.165, 1.54) is 7.11 Å². The maximum atomic E-state index is 12.0. The van der Waals surface area contributed by atoms with Crippen LogP contribution < -0.4 is 0 Å². The number of hydrogen-bond donors (Lipinski definition) is 0. The summed E-state index contributed by atoms with van der Waals surface area (Å²) in [6.45, 7) is 5.16. The van der Waals surface area contributed by atoms with Gasteiger partial charge in [0.2, 0.25) is 5.91 Å². The summed E-state index contributed by atoms with van der Waals surface area (Å²) < 4.78 is 9.87. The van der Waals surface area contributed by atoms with Gasteiger partial charge in [0.1, 0.15) is 5.60 Å². The first-order chi connectivity index (χ1) is 8.69. The van der Waals surface area contributed by atoms with Crippen LogP contribution in [-0.2, 0) is 19.1 Å². The fourth-order valence-corrected chi connectivity index (χ4v) is 3.27. The summed E-state index contributed by atoms with van der Waals surface area (Å²) in [4.78, 5) is 36.0. The molecule has 0 spiro atoms. The molecule has 2 amide bonds. The van der Waals surface area contributed by atoms with Crippen molar-refractivity contribution in [1.29, 1.82) is 0 Å². The first-order valence-electron chi connectivity index (χ1n) is 5.97. The van der Waals surface area contributed by atoms with Crippen molar-refractivity contribution in [1.82, 2.24) is 4.90 Å². The Morgan fingerprint density at radius 3 is 2.37 bits per heavy atom. The zero-order valence-corrected chi connectivity index (χ0v) is 12.8. The van der Waals surface area contributed by atoms with Gasteiger partial charge in [0, 0.05) is 5.92 Å². The third-order valence-electron chi connectivity index (χ3n) is 3.21. The number of amides is 2. The monoisotopic (exact) mass is 333 g/mol. The van der Waals surface area contributed by atoms with Crippen LogP contribution in [0.2, 0.25) is 0 Å². The molecule has 19 heavy (non-hydrogen) atoms. The van der Waals surface area contributed by atoms with Crippen LogP contribution in [-0.4, -0.2) is 46.4 Å². The Hall–Kier alpha value is -1.11. The predicted molar refractivity (Wildman–Crippen MR) is 68.6 cm³/mol. The quantitative estimate of drug-likeness (QED) is 0.534. The maximum absolute atomic E-state index is 12.0. The molecule has 1 aliphatic carbocycles. The Kier molecular flexibility index (Phi) is 3.36. The minimum atomic E-state index is -0.708. The SMILES string of the molecule is COC(=O)[C@H]1[C@@H]2[C@@H]1N(C(=O)OC(C)(C)C)C(=O)[C@H]2Br. The van der Waals surface area contributed by atoms with Crippen LogP contribution in [0.1, 0.15) is 20.8 Å². The van der Waals surface area contributed by atoms with E-state index in [0.29, 0.717) is 0 Å². The van der Waals surface area contributed by atoms with Crippen LogP contribution in [0.5, 0.6) is 0 Å². The Balaban J connectivity index is 2.15. The van der Waals surface area contributed by atoms with Crippen molar-refractivity contribution in [2.75, 3.05) is 7.11 Å². The van der Waals surface area contributed by atoms with Crippen molar-refractivity contribution in [3.63, 3.8) is 0 Å². The van der Waals surface area contributed by atoms with Crippen LogP contribution in [0.25, 0.3) is 0 Å². The summed E-state index contributed by atoms with van der Waals surface area (Å²) in [7, 11) is 1.29. The molecular formula is C12H16BrNO5. The molecule has 0 aromatic rings. The van der Waals surface area contributed by atoms with E-state index in [4.69, 9.17) is 4.74 Å². The Bertz CT molecular complexity index is 444. The molecule has 1 saturated carbocycles. The summed E-state index contributed by atoms with van der Waals surface area (Å²) in [6, 6.07) is -0.445. The highest BCUT2D eigenvalue weighted by molar-refractivity contribution is 9.10. The van der Waals surface area contributed by atoms with Crippen LogP contribution in [0.4, 0.5) is 4.79 Å². The number of carbonyl (C=O) groups excluding carboxylic acids is 3. The Labute approximate surface area is 119 Å². The molecule has 2 rings (SSSR count). The largest absolute Gasteiger partial charge is 0.469 e. The fraction of sp³-hybridized carbons (Fsp3) is 0.750. The van der Waals surface area contributed by atoms with Crippen LogP contribution in [0.3, 0.4) is 0 Å². The topological polar surface area (TPSA) is 72.9 Å². The molecule has 6 nitrogen and oxygen atoms in total. The molecule has 0 unspecified atom stereocenters. The van der Waals surface area contributed by atoms with Crippen molar-refractivity contribution >= 4 is 33.9 Å². The van der Waals surface area contributed by atoms with Crippen molar-refractivity contribution in [3.05, 3.63) is 0 Å². The number of likely N-dealkylation sites (tertiary alicyclic amines) is 1. The number of rotatable bonds is 1. The third-order valence-corrected chi connectivity index (χ3v) is 4.21. The molecule has 0 aromatic carbocycles. The number of hydrogen-bond acceptors (Lipinski definition) is 5. The molecular weight excluding hydrogens is 318 g/mol.